The fourth-order valence-electron chi connectivity index (χ4n) is 2.62. The van der Waals surface area contributed by atoms with Gasteiger partial charge >= 0.3 is 0 Å². The van der Waals surface area contributed by atoms with Gasteiger partial charge in [-0.1, -0.05) is 12.0 Å². The number of piperazine rings is 1. The number of amides is 1. The van der Waals surface area contributed by atoms with Gasteiger partial charge in [-0.2, -0.15) is 0 Å². The average Bonchev–Trinajstić information content (AvgIpc) is 2.67. The van der Waals surface area contributed by atoms with Crippen LogP contribution in [0.5, 0.6) is 0 Å². The van der Waals surface area contributed by atoms with Crippen LogP contribution in [0.4, 0.5) is 5.82 Å². The van der Waals surface area contributed by atoms with Crippen LogP contribution in [-0.4, -0.2) is 67.6 Å². The van der Waals surface area contributed by atoms with Gasteiger partial charge < -0.3 is 20.4 Å². The molecule has 0 atom stereocenters. The van der Waals surface area contributed by atoms with Crippen molar-refractivity contribution >= 4 is 41.7 Å². The number of hydrogen-bond donors (Lipinski definition) is 2. The Morgan fingerprint density at radius 2 is 2.08 bits per heavy atom. The van der Waals surface area contributed by atoms with Crippen LogP contribution in [0.1, 0.15) is 13.3 Å². The maximum atomic E-state index is 12.3. The first-order valence-electron chi connectivity index (χ1n) is 8.64. The standard InChI is InChI=1S/C18H26N6O.HI/c1-3-9-21-18(19-4-2)22-11-8-17(25)24-14-12-23(13-15-24)16-7-5-6-10-20-16;/h1,5-7,10H,4,8-9,11-15H2,2H3,(H2,19,21,22);1H. The lowest BCUT2D eigenvalue weighted by Gasteiger charge is -2.35. The van der Waals surface area contributed by atoms with Crippen LogP contribution in [0.25, 0.3) is 0 Å². The van der Waals surface area contributed by atoms with Crippen LogP contribution in [0.3, 0.4) is 0 Å². The number of aliphatic imine (C=N–C) groups is 1. The number of aromatic nitrogens is 1. The average molecular weight is 470 g/mol. The second kappa shape index (κ2) is 12.4. The van der Waals surface area contributed by atoms with Crippen LogP contribution in [0.2, 0.25) is 0 Å². The first kappa shape index (κ1) is 22.0. The molecule has 1 saturated heterocycles. The maximum Gasteiger partial charge on any atom is 0.224 e. The van der Waals surface area contributed by atoms with Gasteiger partial charge in [0.25, 0.3) is 0 Å². The summed E-state index contributed by atoms with van der Waals surface area (Å²) in [4.78, 5) is 25.2. The van der Waals surface area contributed by atoms with Gasteiger partial charge in [0, 0.05) is 45.3 Å². The molecule has 0 aromatic carbocycles. The summed E-state index contributed by atoms with van der Waals surface area (Å²) >= 11 is 0. The predicted molar refractivity (Wildman–Crippen MR) is 116 cm³/mol. The van der Waals surface area contributed by atoms with Crippen molar-refractivity contribution in [1.82, 2.24) is 20.5 Å². The fourth-order valence-corrected chi connectivity index (χ4v) is 2.62. The van der Waals surface area contributed by atoms with Crippen molar-refractivity contribution in [3.05, 3.63) is 24.4 Å². The van der Waals surface area contributed by atoms with Gasteiger partial charge in [-0.05, 0) is 19.1 Å². The molecule has 0 radical (unpaired) electrons. The minimum atomic E-state index is 0. The van der Waals surface area contributed by atoms with Crippen molar-refractivity contribution in [2.24, 2.45) is 4.99 Å². The van der Waals surface area contributed by atoms with Gasteiger partial charge in [0.1, 0.15) is 5.82 Å². The molecule has 8 heteroatoms. The number of anilines is 1. The lowest BCUT2D eigenvalue weighted by atomic mass is 10.2. The summed E-state index contributed by atoms with van der Waals surface area (Å²) in [5, 5.41) is 6.11. The smallest absolute Gasteiger partial charge is 0.224 e. The van der Waals surface area contributed by atoms with Crippen LogP contribution in [-0.2, 0) is 4.79 Å². The zero-order valence-electron chi connectivity index (χ0n) is 15.1. The molecule has 0 spiro atoms. The minimum Gasteiger partial charge on any atom is -0.357 e. The van der Waals surface area contributed by atoms with Crippen molar-refractivity contribution in [1.29, 1.82) is 0 Å². The van der Waals surface area contributed by atoms with E-state index in [4.69, 9.17) is 6.42 Å². The number of pyridine rings is 1. The molecular weight excluding hydrogens is 443 g/mol. The van der Waals surface area contributed by atoms with Gasteiger partial charge in [-0.3, -0.25) is 9.79 Å². The highest BCUT2D eigenvalue weighted by molar-refractivity contribution is 14.0. The maximum absolute atomic E-state index is 12.3. The monoisotopic (exact) mass is 470 g/mol. The normalized spacial score (nSPS) is 14.2. The Morgan fingerprint density at radius 3 is 2.69 bits per heavy atom. The Morgan fingerprint density at radius 1 is 1.31 bits per heavy atom. The number of nitrogens with one attached hydrogen (secondary N) is 2. The Bertz CT molecular complexity index is 608. The molecule has 1 amide bonds. The lowest BCUT2D eigenvalue weighted by Crippen LogP contribution is -2.49. The predicted octanol–water partition coefficient (Wildman–Crippen LogP) is 0.927. The van der Waals surface area contributed by atoms with E-state index in [9.17, 15) is 4.79 Å². The summed E-state index contributed by atoms with van der Waals surface area (Å²) in [5.41, 5.74) is 0. The second-order valence-corrected chi connectivity index (χ2v) is 5.62. The summed E-state index contributed by atoms with van der Waals surface area (Å²) < 4.78 is 0. The van der Waals surface area contributed by atoms with Gasteiger partial charge in [0.2, 0.25) is 5.91 Å². The fraction of sp³-hybridized carbons (Fsp3) is 0.500. The number of terminal acetylenes is 1. The summed E-state index contributed by atoms with van der Waals surface area (Å²) in [7, 11) is 0. The van der Waals surface area contributed by atoms with E-state index in [1.54, 1.807) is 6.20 Å². The zero-order valence-corrected chi connectivity index (χ0v) is 17.5. The molecule has 0 aliphatic carbocycles. The van der Waals surface area contributed by atoms with E-state index in [0.29, 0.717) is 38.6 Å². The molecule has 0 unspecified atom stereocenters. The molecule has 26 heavy (non-hydrogen) atoms. The minimum absolute atomic E-state index is 0. The second-order valence-electron chi connectivity index (χ2n) is 5.62. The number of carbonyl (C=O) groups excluding carboxylic acids is 1. The number of halogens is 1. The summed E-state index contributed by atoms with van der Waals surface area (Å²) in [6.07, 6.45) is 7.43. The van der Waals surface area contributed by atoms with E-state index in [0.717, 1.165) is 25.5 Å². The Balaban J connectivity index is 0.00000338. The molecular formula is C18H27IN6O. The van der Waals surface area contributed by atoms with E-state index in [1.807, 2.05) is 30.0 Å². The van der Waals surface area contributed by atoms with Crippen molar-refractivity contribution in [2.75, 3.05) is 50.7 Å². The van der Waals surface area contributed by atoms with Crippen molar-refractivity contribution in [2.45, 2.75) is 13.3 Å². The van der Waals surface area contributed by atoms with Crippen molar-refractivity contribution in [3.63, 3.8) is 0 Å². The molecule has 7 nitrogen and oxygen atoms in total. The number of rotatable bonds is 6. The third kappa shape index (κ3) is 7.07. The summed E-state index contributed by atoms with van der Waals surface area (Å²) in [5.74, 6) is 4.26. The van der Waals surface area contributed by atoms with Crippen LogP contribution < -0.4 is 15.5 Å². The molecule has 1 aliphatic heterocycles. The van der Waals surface area contributed by atoms with Crippen molar-refractivity contribution < 1.29 is 4.79 Å². The number of guanidine groups is 1. The molecule has 1 aromatic heterocycles. The molecule has 2 N–H and O–H groups in total. The van der Waals surface area contributed by atoms with Gasteiger partial charge in [0.05, 0.1) is 13.1 Å². The van der Waals surface area contributed by atoms with Gasteiger partial charge in [-0.25, -0.2) is 4.98 Å². The highest BCUT2D eigenvalue weighted by Gasteiger charge is 2.21. The topological polar surface area (TPSA) is 72.9 Å². The Hall–Kier alpha value is -2.02. The zero-order chi connectivity index (χ0) is 17.9. The van der Waals surface area contributed by atoms with Gasteiger partial charge in [-0.15, -0.1) is 30.4 Å². The molecule has 1 fully saturated rings. The first-order valence-corrected chi connectivity index (χ1v) is 8.64. The highest BCUT2D eigenvalue weighted by atomic mass is 127. The quantitative estimate of drug-likeness (QED) is 0.280. The molecule has 0 saturated carbocycles. The SMILES string of the molecule is C#CCNC(=NCCC(=O)N1CCN(c2ccccn2)CC1)NCC.I. The molecule has 1 aromatic rings. The van der Waals surface area contributed by atoms with Crippen LogP contribution in [0, 0.1) is 12.3 Å². The van der Waals surface area contributed by atoms with Crippen LogP contribution in [0.15, 0.2) is 29.4 Å². The Kier molecular flexibility index (Phi) is 10.5. The molecule has 2 rings (SSSR count). The van der Waals surface area contributed by atoms with E-state index in [-0.39, 0.29) is 29.9 Å². The number of hydrogen-bond acceptors (Lipinski definition) is 4. The molecule has 142 valence electrons. The third-order valence-electron chi connectivity index (χ3n) is 3.90. The van der Waals surface area contributed by atoms with E-state index < -0.39 is 0 Å². The Labute approximate surface area is 172 Å². The molecule has 0 bridgehead atoms. The van der Waals surface area contributed by atoms with Crippen LogP contribution >= 0.6 is 24.0 Å². The summed E-state index contributed by atoms with van der Waals surface area (Å²) in [6.45, 7) is 6.63. The van der Waals surface area contributed by atoms with Gasteiger partial charge in [0.15, 0.2) is 5.96 Å². The lowest BCUT2D eigenvalue weighted by molar-refractivity contribution is -0.131. The number of nitrogens with zero attached hydrogens (tertiary/aromatic N) is 4. The van der Waals surface area contributed by atoms with E-state index >= 15 is 0 Å². The highest BCUT2D eigenvalue weighted by Crippen LogP contribution is 2.12. The first-order chi connectivity index (χ1) is 12.2. The largest absolute Gasteiger partial charge is 0.357 e. The van der Waals surface area contributed by atoms with E-state index in [2.05, 4.69) is 31.4 Å². The number of carbonyl (C=O) groups is 1. The third-order valence-corrected chi connectivity index (χ3v) is 3.90. The summed E-state index contributed by atoms with van der Waals surface area (Å²) in [6, 6.07) is 5.88. The molecule has 1 aliphatic rings. The van der Waals surface area contributed by atoms with E-state index in [1.165, 1.54) is 0 Å². The molecule has 2 heterocycles. The van der Waals surface area contributed by atoms with Crippen molar-refractivity contribution in [3.8, 4) is 12.3 Å².